The van der Waals surface area contributed by atoms with Crippen LogP contribution in [0.2, 0.25) is 0 Å². The van der Waals surface area contributed by atoms with Crippen molar-refractivity contribution < 1.29 is 31.9 Å². The minimum atomic E-state index is -3.85. The first-order chi connectivity index (χ1) is 21.7. The van der Waals surface area contributed by atoms with Crippen molar-refractivity contribution in [2.75, 3.05) is 19.0 Å². The monoisotopic (exact) mass is 645 g/mol. The van der Waals surface area contributed by atoms with Gasteiger partial charge in [-0.1, -0.05) is 30.3 Å². The Morgan fingerprint density at radius 1 is 1.00 bits per heavy atom. The van der Waals surface area contributed by atoms with Crippen molar-refractivity contribution in [1.82, 2.24) is 4.90 Å². The molecular formula is C31H27N5O7S2. The van der Waals surface area contributed by atoms with E-state index in [2.05, 4.69) is 15.5 Å². The smallest absolute Gasteiger partial charge is 0.267 e. The summed E-state index contributed by atoms with van der Waals surface area (Å²) in [5.74, 6) is 0.794. The molecule has 4 aromatic rings. The lowest BCUT2D eigenvalue weighted by molar-refractivity contribution is -0.122. The van der Waals surface area contributed by atoms with Crippen molar-refractivity contribution in [2.45, 2.75) is 11.4 Å². The number of ether oxygens (including phenoxy) is 2. The summed E-state index contributed by atoms with van der Waals surface area (Å²) in [6.07, 6.45) is 4.74. The Bertz CT molecular complexity index is 1890. The highest BCUT2D eigenvalue weighted by molar-refractivity contribution is 8.18. The number of amidine groups is 1. The average Bonchev–Trinajstić information content (AvgIpc) is 3.65. The fraction of sp³-hybridized carbons (Fsp3) is 0.0968. The fourth-order valence-corrected chi connectivity index (χ4v) is 5.58. The zero-order chi connectivity index (χ0) is 31.8. The Morgan fingerprint density at radius 3 is 2.40 bits per heavy atom. The van der Waals surface area contributed by atoms with Crippen molar-refractivity contribution in [3.63, 3.8) is 0 Å². The molecule has 0 atom stereocenters. The molecule has 1 fully saturated rings. The molecule has 0 aliphatic carbocycles. The van der Waals surface area contributed by atoms with Crippen LogP contribution >= 0.6 is 11.8 Å². The molecule has 12 nitrogen and oxygen atoms in total. The second-order valence-corrected chi connectivity index (χ2v) is 12.0. The number of hydrogen-bond acceptors (Lipinski definition) is 10. The van der Waals surface area contributed by atoms with E-state index >= 15 is 0 Å². The van der Waals surface area contributed by atoms with Crippen molar-refractivity contribution >= 4 is 56.7 Å². The number of methoxy groups -OCH3 is 1. The van der Waals surface area contributed by atoms with Crippen LogP contribution in [0, 0.1) is 0 Å². The SMILES string of the molecule is COc1ccccc1/C=N\N=C1\S/C(=C\c2ccccc2OCC(=O)Nc2ccc(S(N)(=O)=O)cc2)C(=O)N1Cc1ccco1. The van der Waals surface area contributed by atoms with Crippen LogP contribution in [-0.4, -0.2) is 50.2 Å². The third-order valence-electron chi connectivity index (χ3n) is 6.29. The Morgan fingerprint density at radius 2 is 1.71 bits per heavy atom. The van der Waals surface area contributed by atoms with Gasteiger partial charge in [-0.05, 0) is 72.4 Å². The van der Waals surface area contributed by atoms with Crippen LogP contribution in [0.5, 0.6) is 11.5 Å². The quantitative estimate of drug-likeness (QED) is 0.137. The molecule has 230 valence electrons. The first kappa shape index (κ1) is 31.3. The van der Waals surface area contributed by atoms with Crippen molar-refractivity contribution in [3.05, 3.63) is 113 Å². The zero-order valence-corrected chi connectivity index (χ0v) is 25.5. The van der Waals surface area contributed by atoms with Gasteiger partial charge in [0.25, 0.3) is 11.8 Å². The predicted octanol–water partition coefficient (Wildman–Crippen LogP) is 4.46. The maximum atomic E-state index is 13.5. The number of benzene rings is 3. The third-order valence-corrected chi connectivity index (χ3v) is 8.22. The second-order valence-electron chi connectivity index (χ2n) is 9.39. The van der Waals surface area contributed by atoms with Crippen LogP contribution in [0.3, 0.4) is 0 Å². The number of sulfonamides is 1. The van der Waals surface area contributed by atoms with E-state index in [1.54, 1.807) is 55.8 Å². The summed E-state index contributed by atoms with van der Waals surface area (Å²) >= 11 is 1.14. The Labute approximate surface area is 263 Å². The van der Waals surface area contributed by atoms with Gasteiger partial charge < -0.3 is 19.2 Å². The summed E-state index contributed by atoms with van der Waals surface area (Å²) in [6, 6.07) is 23.2. The molecule has 5 rings (SSSR count). The van der Waals surface area contributed by atoms with E-state index in [-0.39, 0.29) is 24.0 Å². The molecule has 0 spiro atoms. The van der Waals surface area contributed by atoms with Crippen molar-refractivity contribution in [1.29, 1.82) is 0 Å². The normalized spacial score (nSPS) is 15.2. The van der Waals surface area contributed by atoms with Crippen molar-refractivity contribution in [3.8, 4) is 11.5 Å². The largest absolute Gasteiger partial charge is 0.496 e. The van der Waals surface area contributed by atoms with Gasteiger partial charge in [-0.3, -0.25) is 14.5 Å². The number of hydrogen-bond donors (Lipinski definition) is 2. The minimum absolute atomic E-state index is 0.0720. The van der Waals surface area contributed by atoms with Gasteiger partial charge in [-0.2, -0.15) is 5.10 Å². The molecule has 0 unspecified atom stereocenters. The Hall–Kier alpha value is -5.18. The van der Waals surface area contributed by atoms with Crippen molar-refractivity contribution in [2.24, 2.45) is 15.3 Å². The number of nitrogens with zero attached hydrogens (tertiary/aromatic N) is 3. The van der Waals surface area contributed by atoms with Gasteiger partial charge in [0.1, 0.15) is 17.3 Å². The molecule has 14 heteroatoms. The number of nitrogens with two attached hydrogens (primary N) is 1. The molecule has 3 aromatic carbocycles. The number of carbonyl (C=O) groups excluding carboxylic acids is 2. The Kier molecular flexibility index (Phi) is 9.77. The summed E-state index contributed by atoms with van der Waals surface area (Å²) in [6.45, 7) is -0.192. The van der Waals surface area contributed by atoms with Crippen LogP contribution in [0.25, 0.3) is 6.08 Å². The zero-order valence-electron chi connectivity index (χ0n) is 23.8. The number of rotatable bonds is 11. The van der Waals surface area contributed by atoms with E-state index in [1.807, 2.05) is 24.3 Å². The van der Waals surface area contributed by atoms with E-state index in [1.165, 1.54) is 35.4 Å². The molecule has 1 saturated heterocycles. The molecule has 2 amide bonds. The Balaban J connectivity index is 1.32. The van der Waals surface area contributed by atoms with Gasteiger partial charge >= 0.3 is 0 Å². The van der Waals surface area contributed by atoms with Crippen LogP contribution in [0.4, 0.5) is 5.69 Å². The first-order valence-electron chi connectivity index (χ1n) is 13.3. The van der Waals surface area contributed by atoms with Gasteiger partial charge in [-0.15, -0.1) is 5.10 Å². The van der Waals surface area contributed by atoms with Crippen LogP contribution in [0.15, 0.2) is 116 Å². The molecule has 1 aliphatic rings. The number of anilines is 1. The van der Waals surface area contributed by atoms with Crippen LogP contribution < -0.4 is 19.9 Å². The maximum Gasteiger partial charge on any atom is 0.267 e. The van der Waals surface area contributed by atoms with Gasteiger partial charge in [0.15, 0.2) is 11.8 Å². The summed E-state index contributed by atoms with van der Waals surface area (Å²) < 4.78 is 39.5. The third kappa shape index (κ3) is 8.06. The first-order valence-corrected chi connectivity index (χ1v) is 15.7. The molecule has 0 bridgehead atoms. The summed E-state index contributed by atoms with van der Waals surface area (Å²) in [7, 11) is -2.28. The molecular weight excluding hydrogens is 619 g/mol. The topological polar surface area (TPSA) is 166 Å². The van der Waals surface area contributed by atoms with Crippen LogP contribution in [-0.2, 0) is 26.2 Å². The second kappa shape index (κ2) is 14.1. The van der Waals surface area contributed by atoms with Gasteiger partial charge in [0.05, 0.1) is 35.9 Å². The number of primary sulfonamides is 1. The maximum absolute atomic E-state index is 13.5. The van der Waals surface area contributed by atoms with E-state index < -0.39 is 15.9 Å². The highest BCUT2D eigenvalue weighted by Crippen LogP contribution is 2.35. The highest BCUT2D eigenvalue weighted by Gasteiger charge is 2.34. The average molecular weight is 646 g/mol. The lowest BCUT2D eigenvalue weighted by Crippen LogP contribution is -2.28. The molecule has 2 heterocycles. The van der Waals surface area contributed by atoms with E-state index in [4.69, 9.17) is 19.0 Å². The van der Waals surface area contributed by atoms with Gasteiger partial charge in [0, 0.05) is 16.8 Å². The molecule has 0 radical (unpaired) electrons. The molecule has 1 aliphatic heterocycles. The molecule has 0 saturated carbocycles. The molecule has 1 aromatic heterocycles. The van der Waals surface area contributed by atoms with Gasteiger partial charge in [0.2, 0.25) is 10.0 Å². The lowest BCUT2D eigenvalue weighted by Gasteiger charge is -2.12. The number of para-hydroxylation sites is 2. The highest BCUT2D eigenvalue weighted by atomic mass is 32.2. The summed E-state index contributed by atoms with van der Waals surface area (Å²) in [5.41, 5.74) is 1.66. The number of nitrogens with one attached hydrogen (secondary N) is 1. The van der Waals surface area contributed by atoms with E-state index in [9.17, 15) is 18.0 Å². The van der Waals surface area contributed by atoms with Gasteiger partial charge in [-0.25, -0.2) is 13.6 Å². The number of amides is 2. The van der Waals surface area contributed by atoms with E-state index in [0.717, 1.165) is 17.3 Å². The molecule has 45 heavy (non-hydrogen) atoms. The minimum Gasteiger partial charge on any atom is -0.496 e. The lowest BCUT2D eigenvalue weighted by atomic mass is 10.2. The number of furan rings is 1. The van der Waals surface area contributed by atoms with E-state index in [0.29, 0.717) is 38.6 Å². The molecule has 3 N–H and O–H groups in total. The summed E-state index contributed by atoms with van der Waals surface area (Å²) in [5, 5.41) is 16.6. The number of thioether (sulfide) groups is 1. The number of carbonyl (C=O) groups is 2. The fourth-order valence-electron chi connectivity index (χ4n) is 4.13. The predicted molar refractivity (Wildman–Crippen MR) is 171 cm³/mol. The van der Waals surface area contributed by atoms with Crippen LogP contribution in [0.1, 0.15) is 16.9 Å². The standard InChI is InChI=1S/C31H27N5O7S2/c1-41-26-10-4-3-8-22(26)18-33-35-31-36(19-24-9-6-16-42-24)30(38)28(44-31)17-21-7-2-5-11-27(21)43-20-29(37)34-23-12-14-25(15-13-23)45(32,39)40/h2-18H,19-20H2,1H3,(H,34,37)(H2,32,39,40)/b28-17-,33-18-,35-31+. The summed E-state index contributed by atoms with van der Waals surface area (Å²) in [4.78, 5) is 27.8.